The molecule has 0 fully saturated rings. The smallest absolute Gasteiger partial charge is 0.386 e. The lowest BCUT2D eigenvalue weighted by atomic mass is 10.7. The van der Waals surface area contributed by atoms with E-state index in [0.29, 0.717) is 6.04 Å². The second kappa shape index (κ2) is 9.19. The van der Waals surface area contributed by atoms with Gasteiger partial charge in [0.15, 0.2) is 0 Å². The normalized spacial score (nSPS) is 13.3. The SMILES string of the molecule is CCN(CC)[Si](CC[Si](OC)(OC)OC)(OC)OC. The van der Waals surface area contributed by atoms with Gasteiger partial charge >= 0.3 is 17.5 Å². The van der Waals surface area contributed by atoms with E-state index >= 15 is 0 Å². The van der Waals surface area contributed by atoms with Crippen LogP contribution in [0, 0.1) is 0 Å². The Balaban J connectivity index is 4.93. The van der Waals surface area contributed by atoms with E-state index in [0.717, 1.165) is 19.1 Å². The van der Waals surface area contributed by atoms with Crippen LogP contribution >= 0.6 is 0 Å². The summed E-state index contributed by atoms with van der Waals surface area (Å²) in [4.78, 5) is 0. The molecule has 0 aromatic carbocycles. The van der Waals surface area contributed by atoms with Crippen molar-refractivity contribution in [3.05, 3.63) is 0 Å². The van der Waals surface area contributed by atoms with Crippen LogP contribution in [0.2, 0.25) is 12.1 Å². The number of rotatable bonds is 11. The van der Waals surface area contributed by atoms with Gasteiger partial charge in [0.05, 0.1) is 0 Å². The van der Waals surface area contributed by atoms with E-state index in [1.54, 1.807) is 35.5 Å². The maximum absolute atomic E-state index is 5.76. The Morgan fingerprint density at radius 2 is 1.11 bits per heavy atom. The molecule has 0 aromatic rings. The molecule has 0 bridgehead atoms. The van der Waals surface area contributed by atoms with Gasteiger partial charge in [0.2, 0.25) is 0 Å². The van der Waals surface area contributed by atoms with E-state index in [-0.39, 0.29) is 0 Å². The highest BCUT2D eigenvalue weighted by molar-refractivity contribution is 6.68. The maximum atomic E-state index is 5.76. The van der Waals surface area contributed by atoms with Crippen LogP contribution in [-0.2, 0) is 22.1 Å². The molecule has 0 heterocycles. The molecule has 0 aliphatic heterocycles. The molecule has 116 valence electrons. The summed E-state index contributed by atoms with van der Waals surface area (Å²) < 4.78 is 30.1. The molecule has 0 aromatic heterocycles. The third-order valence-electron chi connectivity index (χ3n) is 3.56. The summed E-state index contributed by atoms with van der Waals surface area (Å²) in [5.41, 5.74) is 0. The standard InChI is InChI=1S/C11H29NO5Si2/c1-8-12(9-2)18(13-3,14-4)10-11-19(15-5,16-6)17-7/h8-11H2,1-7H3. The van der Waals surface area contributed by atoms with Crippen molar-refractivity contribution in [2.45, 2.75) is 25.9 Å². The second-order valence-electron chi connectivity index (χ2n) is 4.09. The Morgan fingerprint density at radius 1 is 0.684 bits per heavy atom. The first-order valence-electron chi connectivity index (χ1n) is 6.54. The van der Waals surface area contributed by atoms with Gasteiger partial charge in [-0.3, -0.25) is 4.57 Å². The Labute approximate surface area is 119 Å². The van der Waals surface area contributed by atoms with Gasteiger partial charge in [-0.1, -0.05) is 13.8 Å². The third kappa shape index (κ3) is 4.60. The van der Waals surface area contributed by atoms with Crippen LogP contribution in [0.25, 0.3) is 0 Å². The summed E-state index contributed by atoms with van der Waals surface area (Å²) in [6.45, 7) is 6.01. The zero-order chi connectivity index (χ0) is 14.9. The highest BCUT2D eigenvalue weighted by Gasteiger charge is 2.47. The topological polar surface area (TPSA) is 49.4 Å². The second-order valence-corrected chi connectivity index (χ2v) is 10.6. The summed E-state index contributed by atoms with van der Waals surface area (Å²) >= 11 is 0. The van der Waals surface area contributed by atoms with Crippen molar-refractivity contribution in [2.75, 3.05) is 48.6 Å². The maximum Gasteiger partial charge on any atom is 0.500 e. The van der Waals surface area contributed by atoms with E-state index in [4.69, 9.17) is 22.1 Å². The summed E-state index contributed by atoms with van der Waals surface area (Å²) in [6, 6.07) is 1.43. The van der Waals surface area contributed by atoms with Crippen LogP contribution < -0.4 is 0 Å². The van der Waals surface area contributed by atoms with E-state index in [1.165, 1.54) is 0 Å². The molecule has 8 heteroatoms. The summed E-state index contributed by atoms with van der Waals surface area (Å²) in [7, 11) is 3.31. The molecular formula is C11H29NO5Si2. The van der Waals surface area contributed by atoms with Gasteiger partial charge in [-0.05, 0) is 13.1 Å². The first kappa shape index (κ1) is 19.2. The third-order valence-corrected chi connectivity index (χ3v) is 10.5. The first-order chi connectivity index (χ1) is 9.03. The van der Waals surface area contributed by atoms with Gasteiger partial charge in [0.25, 0.3) is 0 Å². The Morgan fingerprint density at radius 3 is 1.37 bits per heavy atom. The van der Waals surface area contributed by atoms with Crippen molar-refractivity contribution < 1.29 is 22.1 Å². The predicted molar refractivity (Wildman–Crippen MR) is 79.1 cm³/mol. The van der Waals surface area contributed by atoms with Crippen LogP contribution in [0.1, 0.15) is 13.8 Å². The minimum atomic E-state index is -2.58. The molecular weight excluding hydrogens is 282 g/mol. The molecule has 0 aliphatic carbocycles. The molecule has 0 unspecified atom stereocenters. The number of hydrogen-bond donors (Lipinski definition) is 0. The van der Waals surface area contributed by atoms with E-state index in [1.807, 2.05) is 0 Å². The van der Waals surface area contributed by atoms with Crippen LogP contribution in [0.3, 0.4) is 0 Å². The van der Waals surface area contributed by atoms with E-state index in [2.05, 4.69) is 18.4 Å². The lowest BCUT2D eigenvalue weighted by Crippen LogP contribution is -2.58. The fourth-order valence-corrected chi connectivity index (χ4v) is 8.25. The zero-order valence-electron chi connectivity index (χ0n) is 13.3. The summed E-state index contributed by atoms with van der Waals surface area (Å²) in [5, 5.41) is 0. The molecule has 19 heavy (non-hydrogen) atoms. The van der Waals surface area contributed by atoms with E-state index < -0.39 is 17.5 Å². The molecule has 6 nitrogen and oxygen atoms in total. The highest BCUT2D eigenvalue weighted by atomic mass is 28.4. The minimum Gasteiger partial charge on any atom is -0.386 e. The molecule has 0 rings (SSSR count). The monoisotopic (exact) mass is 311 g/mol. The Bertz CT molecular complexity index is 225. The first-order valence-corrected chi connectivity index (χ1v) is 10.4. The quantitative estimate of drug-likeness (QED) is 0.538. The average Bonchev–Trinajstić information content (AvgIpc) is 2.48. The number of nitrogens with zero attached hydrogens (tertiary/aromatic N) is 1. The molecule has 0 saturated heterocycles. The van der Waals surface area contributed by atoms with Gasteiger partial charge < -0.3 is 22.1 Å². The van der Waals surface area contributed by atoms with Gasteiger partial charge in [-0.25, -0.2) is 0 Å². The highest BCUT2D eigenvalue weighted by Crippen LogP contribution is 2.25. The van der Waals surface area contributed by atoms with Crippen LogP contribution in [0.5, 0.6) is 0 Å². The fraction of sp³-hybridized carbons (Fsp3) is 1.00. The van der Waals surface area contributed by atoms with Crippen LogP contribution in [0.4, 0.5) is 0 Å². The number of hydrogen-bond acceptors (Lipinski definition) is 6. The predicted octanol–water partition coefficient (Wildman–Crippen LogP) is 1.44. The van der Waals surface area contributed by atoms with Crippen molar-refractivity contribution in [3.63, 3.8) is 0 Å². The van der Waals surface area contributed by atoms with Gasteiger partial charge in [-0.15, -0.1) is 0 Å². The molecule has 0 aliphatic rings. The van der Waals surface area contributed by atoms with Crippen LogP contribution in [0.15, 0.2) is 0 Å². The lowest BCUT2D eigenvalue weighted by Gasteiger charge is -2.38. The van der Waals surface area contributed by atoms with Gasteiger partial charge in [-0.2, -0.15) is 0 Å². The molecule has 0 N–H and O–H groups in total. The van der Waals surface area contributed by atoms with Crippen molar-refractivity contribution >= 4 is 17.5 Å². The van der Waals surface area contributed by atoms with Crippen LogP contribution in [-0.4, -0.2) is 70.7 Å². The van der Waals surface area contributed by atoms with Crippen molar-refractivity contribution in [3.8, 4) is 0 Å². The lowest BCUT2D eigenvalue weighted by molar-refractivity contribution is 0.120. The Hall–Kier alpha value is 0.194. The van der Waals surface area contributed by atoms with Crippen molar-refractivity contribution in [1.29, 1.82) is 0 Å². The van der Waals surface area contributed by atoms with Gasteiger partial charge in [0, 0.05) is 47.6 Å². The van der Waals surface area contributed by atoms with Crippen molar-refractivity contribution in [1.82, 2.24) is 4.57 Å². The molecule has 0 amide bonds. The minimum absolute atomic E-state index is 0.681. The van der Waals surface area contributed by atoms with E-state index in [9.17, 15) is 0 Å². The molecule has 0 atom stereocenters. The van der Waals surface area contributed by atoms with Gasteiger partial charge in [0.1, 0.15) is 0 Å². The largest absolute Gasteiger partial charge is 0.500 e. The molecule has 0 spiro atoms. The Kier molecular flexibility index (Phi) is 9.28. The van der Waals surface area contributed by atoms with Crippen molar-refractivity contribution in [2.24, 2.45) is 0 Å². The summed E-state index contributed by atoms with van der Waals surface area (Å²) in [5.74, 6) is 0. The zero-order valence-corrected chi connectivity index (χ0v) is 15.3. The molecule has 0 radical (unpaired) electrons. The molecule has 0 saturated carbocycles. The average molecular weight is 312 g/mol. The fourth-order valence-electron chi connectivity index (χ4n) is 2.28. The summed E-state index contributed by atoms with van der Waals surface area (Å²) in [6.07, 6.45) is 0.